The third-order valence-electron chi connectivity index (χ3n) is 2.39. The highest BCUT2D eigenvalue weighted by Gasteiger charge is 2.13. The average Bonchev–Trinajstić information content (AvgIpc) is 2.20. The van der Waals surface area contributed by atoms with Gasteiger partial charge < -0.3 is 10.5 Å². The SMILES string of the molecule is COC(C)C(N)Cc1ccccc1Br. The second-order valence-corrected chi connectivity index (χ2v) is 4.25. The number of halogens is 1. The van der Waals surface area contributed by atoms with E-state index in [1.807, 2.05) is 25.1 Å². The third kappa shape index (κ3) is 3.08. The van der Waals surface area contributed by atoms with Crippen LogP contribution >= 0.6 is 15.9 Å². The standard InChI is InChI=1S/C11H16BrNO/c1-8(14-2)11(13)7-9-5-3-4-6-10(9)12/h3-6,8,11H,7,13H2,1-2H3. The highest BCUT2D eigenvalue weighted by molar-refractivity contribution is 9.10. The van der Waals surface area contributed by atoms with Crippen molar-refractivity contribution >= 4 is 15.9 Å². The number of nitrogens with two attached hydrogens (primary N) is 1. The summed E-state index contributed by atoms with van der Waals surface area (Å²) < 4.78 is 6.29. The molecule has 1 aromatic carbocycles. The van der Waals surface area contributed by atoms with Gasteiger partial charge in [0.1, 0.15) is 0 Å². The Morgan fingerprint density at radius 3 is 2.64 bits per heavy atom. The van der Waals surface area contributed by atoms with E-state index in [2.05, 4.69) is 22.0 Å². The first-order valence-corrected chi connectivity index (χ1v) is 5.46. The smallest absolute Gasteiger partial charge is 0.0697 e. The molecule has 0 radical (unpaired) electrons. The van der Waals surface area contributed by atoms with Crippen LogP contribution in [0.2, 0.25) is 0 Å². The molecule has 0 bridgehead atoms. The Bertz CT molecular complexity index is 290. The summed E-state index contributed by atoms with van der Waals surface area (Å²) in [6.45, 7) is 1.99. The second-order valence-electron chi connectivity index (χ2n) is 3.40. The highest BCUT2D eigenvalue weighted by Crippen LogP contribution is 2.18. The molecule has 3 heteroatoms. The molecule has 2 N–H and O–H groups in total. The van der Waals surface area contributed by atoms with Crippen molar-refractivity contribution < 1.29 is 4.74 Å². The molecule has 0 spiro atoms. The zero-order chi connectivity index (χ0) is 10.6. The minimum Gasteiger partial charge on any atom is -0.380 e. The summed E-state index contributed by atoms with van der Waals surface area (Å²) in [5.74, 6) is 0. The second kappa shape index (κ2) is 5.49. The minimum absolute atomic E-state index is 0.0405. The molecule has 0 fully saturated rings. The lowest BCUT2D eigenvalue weighted by Crippen LogP contribution is -2.35. The maximum Gasteiger partial charge on any atom is 0.0697 e. The van der Waals surface area contributed by atoms with Crippen LogP contribution in [-0.2, 0) is 11.2 Å². The maximum atomic E-state index is 5.98. The van der Waals surface area contributed by atoms with E-state index in [-0.39, 0.29) is 12.1 Å². The molecule has 0 aliphatic carbocycles. The topological polar surface area (TPSA) is 35.2 Å². The van der Waals surface area contributed by atoms with Crippen LogP contribution in [0.4, 0.5) is 0 Å². The van der Waals surface area contributed by atoms with E-state index in [0.717, 1.165) is 10.9 Å². The molecule has 0 saturated heterocycles. The molecule has 2 unspecified atom stereocenters. The van der Waals surface area contributed by atoms with Crippen LogP contribution in [0.5, 0.6) is 0 Å². The van der Waals surface area contributed by atoms with Crippen molar-refractivity contribution in [2.24, 2.45) is 5.73 Å². The first-order valence-electron chi connectivity index (χ1n) is 4.67. The molecule has 0 saturated carbocycles. The Morgan fingerprint density at radius 2 is 2.07 bits per heavy atom. The first-order chi connectivity index (χ1) is 6.65. The molecule has 78 valence electrons. The Balaban J connectivity index is 2.64. The number of rotatable bonds is 4. The number of hydrogen-bond donors (Lipinski definition) is 1. The molecule has 0 aromatic heterocycles. The highest BCUT2D eigenvalue weighted by atomic mass is 79.9. The van der Waals surface area contributed by atoms with E-state index in [0.29, 0.717) is 0 Å². The number of benzene rings is 1. The van der Waals surface area contributed by atoms with E-state index >= 15 is 0 Å². The van der Waals surface area contributed by atoms with E-state index in [1.165, 1.54) is 5.56 Å². The quantitative estimate of drug-likeness (QED) is 0.899. The van der Waals surface area contributed by atoms with Gasteiger partial charge in [0.05, 0.1) is 6.10 Å². The van der Waals surface area contributed by atoms with Crippen LogP contribution in [0.1, 0.15) is 12.5 Å². The van der Waals surface area contributed by atoms with Crippen molar-refractivity contribution in [2.75, 3.05) is 7.11 Å². The molecular weight excluding hydrogens is 242 g/mol. The van der Waals surface area contributed by atoms with Crippen molar-refractivity contribution in [1.82, 2.24) is 0 Å². The largest absolute Gasteiger partial charge is 0.380 e. The Morgan fingerprint density at radius 1 is 1.43 bits per heavy atom. The molecule has 0 aliphatic rings. The monoisotopic (exact) mass is 257 g/mol. The van der Waals surface area contributed by atoms with E-state index in [4.69, 9.17) is 10.5 Å². The molecular formula is C11H16BrNO. The van der Waals surface area contributed by atoms with Gasteiger partial charge in [0.25, 0.3) is 0 Å². The summed E-state index contributed by atoms with van der Waals surface area (Å²) in [6.07, 6.45) is 0.915. The van der Waals surface area contributed by atoms with Crippen molar-refractivity contribution in [3.8, 4) is 0 Å². The predicted octanol–water partition coefficient (Wildman–Crippen LogP) is 2.35. The van der Waals surface area contributed by atoms with Crippen LogP contribution in [0, 0.1) is 0 Å². The first kappa shape index (κ1) is 11.7. The van der Waals surface area contributed by atoms with Crippen molar-refractivity contribution in [3.63, 3.8) is 0 Å². The van der Waals surface area contributed by atoms with Gasteiger partial charge >= 0.3 is 0 Å². The summed E-state index contributed by atoms with van der Waals surface area (Å²) in [4.78, 5) is 0. The minimum atomic E-state index is 0.0405. The zero-order valence-corrected chi connectivity index (χ0v) is 10.1. The predicted molar refractivity (Wildman–Crippen MR) is 62.3 cm³/mol. The molecule has 0 heterocycles. The molecule has 2 atom stereocenters. The zero-order valence-electron chi connectivity index (χ0n) is 8.53. The fourth-order valence-electron chi connectivity index (χ4n) is 1.26. The van der Waals surface area contributed by atoms with Gasteiger partial charge in [0.15, 0.2) is 0 Å². The van der Waals surface area contributed by atoms with Crippen molar-refractivity contribution in [1.29, 1.82) is 0 Å². The Hall–Kier alpha value is -0.380. The molecule has 1 aromatic rings. The summed E-state index contributed by atoms with van der Waals surface area (Å²) in [5.41, 5.74) is 7.21. The third-order valence-corrected chi connectivity index (χ3v) is 3.16. The van der Waals surface area contributed by atoms with Gasteiger partial charge in [-0.3, -0.25) is 0 Å². The van der Waals surface area contributed by atoms with Crippen LogP contribution < -0.4 is 5.73 Å². The van der Waals surface area contributed by atoms with Crippen molar-refractivity contribution in [2.45, 2.75) is 25.5 Å². The van der Waals surface area contributed by atoms with Crippen LogP contribution in [-0.4, -0.2) is 19.3 Å². The van der Waals surface area contributed by atoms with E-state index in [1.54, 1.807) is 7.11 Å². The van der Waals surface area contributed by atoms with Crippen molar-refractivity contribution in [3.05, 3.63) is 34.3 Å². The summed E-state index contributed by atoms with van der Waals surface area (Å²) in [5, 5.41) is 0. The molecule has 2 nitrogen and oxygen atoms in total. The lowest BCUT2D eigenvalue weighted by molar-refractivity contribution is 0.0955. The molecule has 0 aliphatic heterocycles. The molecule has 1 rings (SSSR count). The molecule has 0 amide bonds. The number of ether oxygens (including phenoxy) is 1. The van der Waals surface area contributed by atoms with Gasteiger partial charge in [-0.2, -0.15) is 0 Å². The Kier molecular flexibility index (Phi) is 4.58. The fourth-order valence-corrected chi connectivity index (χ4v) is 1.71. The van der Waals surface area contributed by atoms with Gasteiger partial charge in [0, 0.05) is 17.6 Å². The normalized spacial score (nSPS) is 15.1. The van der Waals surface area contributed by atoms with Gasteiger partial charge in [-0.1, -0.05) is 34.1 Å². The summed E-state index contributed by atoms with van der Waals surface area (Å²) >= 11 is 3.50. The lowest BCUT2D eigenvalue weighted by atomic mass is 10.0. The van der Waals surface area contributed by atoms with Crippen LogP contribution in [0.25, 0.3) is 0 Å². The van der Waals surface area contributed by atoms with Crippen LogP contribution in [0.3, 0.4) is 0 Å². The number of hydrogen-bond acceptors (Lipinski definition) is 2. The Labute approximate surface area is 93.6 Å². The van der Waals surface area contributed by atoms with E-state index < -0.39 is 0 Å². The molecule has 14 heavy (non-hydrogen) atoms. The summed E-state index contributed by atoms with van der Waals surface area (Å²) in [6, 6.07) is 8.16. The summed E-state index contributed by atoms with van der Waals surface area (Å²) in [7, 11) is 1.69. The maximum absolute atomic E-state index is 5.98. The fraction of sp³-hybridized carbons (Fsp3) is 0.455. The van der Waals surface area contributed by atoms with Gasteiger partial charge in [-0.25, -0.2) is 0 Å². The van der Waals surface area contributed by atoms with Gasteiger partial charge in [-0.05, 0) is 25.0 Å². The van der Waals surface area contributed by atoms with Crippen LogP contribution in [0.15, 0.2) is 28.7 Å². The average molecular weight is 258 g/mol. The van der Waals surface area contributed by atoms with E-state index in [9.17, 15) is 0 Å². The van der Waals surface area contributed by atoms with Gasteiger partial charge in [-0.15, -0.1) is 0 Å². The number of methoxy groups -OCH3 is 1. The lowest BCUT2D eigenvalue weighted by Gasteiger charge is -2.18. The van der Waals surface area contributed by atoms with Gasteiger partial charge in [0.2, 0.25) is 0 Å².